The van der Waals surface area contributed by atoms with Gasteiger partial charge in [0.25, 0.3) is 0 Å². The van der Waals surface area contributed by atoms with Gasteiger partial charge in [-0.1, -0.05) is 17.7 Å². The van der Waals surface area contributed by atoms with E-state index in [1.54, 1.807) is 18.2 Å². The highest BCUT2D eigenvalue weighted by Crippen LogP contribution is 2.22. The Morgan fingerprint density at radius 3 is 2.76 bits per heavy atom. The van der Waals surface area contributed by atoms with Gasteiger partial charge in [0.15, 0.2) is 0 Å². The number of halogens is 1. The molecule has 17 heavy (non-hydrogen) atoms. The molecule has 4 nitrogen and oxygen atoms in total. The van der Waals surface area contributed by atoms with Crippen molar-refractivity contribution in [1.82, 2.24) is 5.32 Å². The van der Waals surface area contributed by atoms with Crippen LogP contribution >= 0.6 is 11.6 Å². The van der Waals surface area contributed by atoms with Crippen molar-refractivity contribution < 1.29 is 9.90 Å². The first-order chi connectivity index (χ1) is 8.06. The lowest BCUT2D eigenvalue weighted by Crippen LogP contribution is -2.43. The SMILES string of the molecule is NC(=O)c1ccc(CNC2CC(O)C2)c(Cl)c1. The Morgan fingerprint density at radius 2 is 2.24 bits per heavy atom. The smallest absolute Gasteiger partial charge is 0.248 e. The van der Waals surface area contributed by atoms with E-state index in [-0.39, 0.29) is 6.10 Å². The number of hydrogen-bond acceptors (Lipinski definition) is 3. The monoisotopic (exact) mass is 254 g/mol. The molecule has 5 heteroatoms. The topological polar surface area (TPSA) is 75.4 Å². The molecule has 0 aliphatic heterocycles. The van der Waals surface area contributed by atoms with E-state index in [4.69, 9.17) is 22.4 Å². The van der Waals surface area contributed by atoms with Crippen LogP contribution in [0.3, 0.4) is 0 Å². The minimum atomic E-state index is -0.478. The number of aliphatic hydroxyl groups excluding tert-OH is 1. The van der Waals surface area contributed by atoms with Gasteiger partial charge in [0.1, 0.15) is 0 Å². The summed E-state index contributed by atoms with van der Waals surface area (Å²) in [5.41, 5.74) is 6.50. The summed E-state index contributed by atoms with van der Waals surface area (Å²) in [6.07, 6.45) is 1.41. The van der Waals surface area contributed by atoms with E-state index in [0.717, 1.165) is 18.4 Å². The minimum Gasteiger partial charge on any atom is -0.393 e. The molecule has 0 atom stereocenters. The second-order valence-electron chi connectivity index (χ2n) is 4.37. The maximum atomic E-state index is 10.9. The average molecular weight is 255 g/mol. The van der Waals surface area contributed by atoms with Gasteiger partial charge in [-0.3, -0.25) is 4.79 Å². The number of hydrogen-bond donors (Lipinski definition) is 3. The van der Waals surface area contributed by atoms with E-state index in [1.807, 2.05) is 0 Å². The fourth-order valence-corrected chi connectivity index (χ4v) is 2.10. The maximum absolute atomic E-state index is 10.9. The van der Waals surface area contributed by atoms with Crippen LogP contribution in [0.15, 0.2) is 18.2 Å². The van der Waals surface area contributed by atoms with Crippen molar-refractivity contribution in [3.8, 4) is 0 Å². The summed E-state index contributed by atoms with van der Waals surface area (Å²) in [6.45, 7) is 0.634. The molecule has 0 spiro atoms. The zero-order valence-electron chi connectivity index (χ0n) is 9.32. The number of carbonyl (C=O) groups excluding carboxylic acids is 1. The quantitative estimate of drug-likeness (QED) is 0.752. The third kappa shape index (κ3) is 2.97. The summed E-state index contributed by atoms with van der Waals surface area (Å²) in [5, 5.41) is 13.0. The number of nitrogens with two attached hydrogens (primary N) is 1. The van der Waals surface area contributed by atoms with Crippen molar-refractivity contribution in [2.24, 2.45) is 5.73 Å². The first-order valence-electron chi connectivity index (χ1n) is 5.56. The molecule has 2 rings (SSSR count). The molecule has 4 N–H and O–H groups in total. The van der Waals surface area contributed by atoms with Crippen LogP contribution in [-0.4, -0.2) is 23.2 Å². The number of rotatable bonds is 4. The first kappa shape index (κ1) is 12.4. The average Bonchev–Trinajstić information content (AvgIpc) is 2.24. The van der Waals surface area contributed by atoms with Crippen LogP contribution in [-0.2, 0) is 6.54 Å². The number of amides is 1. The fraction of sp³-hybridized carbons (Fsp3) is 0.417. The zero-order valence-corrected chi connectivity index (χ0v) is 10.1. The van der Waals surface area contributed by atoms with Crippen molar-refractivity contribution in [2.75, 3.05) is 0 Å². The predicted octanol–water partition coefficient (Wildman–Crippen LogP) is 1.05. The molecule has 92 valence electrons. The van der Waals surface area contributed by atoms with Gasteiger partial charge < -0.3 is 16.2 Å². The minimum absolute atomic E-state index is 0.166. The summed E-state index contributed by atoms with van der Waals surface area (Å²) in [4.78, 5) is 10.9. The van der Waals surface area contributed by atoms with E-state index in [0.29, 0.717) is 23.2 Å². The van der Waals surface area contributed by atoms with E-state index >= 15 is 0 Å². The Kier molecular flexibility index (Phi) is 3.66. The van der Waals surface area contributed by atoms with Gasteiger partial charge in [-0.05, 0) is 30.5 Å². The molecule has 1 aliphatic carbocycles. The van der Waals surface area contributed by atoms with Crippen LogP contribution in [0.4, 0.5) is 0 Å². The molecule has 1 aromatic rings. The normalized spacial score (nSPS) is 23.2. The second-order valence-corrected chi connectivity index (χ2v) is 4.78. The Hall–Kier alpha value is -1.10. The lowest BCUT2D eigenvalue weighted by Gasteiger charge is -2.32. The van der Waals surface area contributed by atoms with Crippen molar-refractivity contribution in [1.29, 1.82) is 0 Å². The summed E-state index contributed by atoms with van der Waals surface area (Å²) in [6, 6.07) is 5.40. The summed E-state index contributed by atoms with van der Waals surface area (Å²) >= 11 is 6.05. The van der Waals surface area contributed by atoms with Crippen LogP contribution in [0.1, 0.15) is 28.8 Å². The Morgan fingerprint density at radius 1 is 1.53 bits per heavy atom. The van der Waals surface area contributed by atoms with Gasteiger partial charge in [0.2, 0.25) is 5.91 Å². The number of aliphatic hydroxyl groups is 1. The molecule has 1 fully saturated rings. The maximum Gasteiger partial charge on any atom is 0.248 e. The Bertz CT molecular complexity index is 431. The molecule has 1 saturated carbocycles. The van der Waals surface area contributed by atoms with Gasteiger partial charge in [-0.2, -0.15) is 0 Å². The molecule has 0 aromatic heterocycles. The molecule has 0 heterocycles. The number of carbonyl (C=O) groups is 1. The van der Waals surface area contributed by atoms with Gasteiger partial charge in [-0.15, -0.1) is 0 Å². The van der Waals surface area contributed by atoms with Crippen LogP contribution in [0.25, 0.3) is 0 Å². The van der Waals surface area contributed by atoms with Crippen LogP contribution in [0, 0.1) is 0 Å². The molecular formula is C12H15ClN2O2. The van der Waals surface area contributed by atoms with E-state index < -0.39 is 5.91 Å². The second kappa shape index (κ2) is 5.04. The standard InChI is InChI=1S/C12H15ClN2O2/c13-11-3-7(12(14)17)1-2-8(11)6-15-9-4-10(16)5-9/h1-3,9-10,15-16H,4-6H2,(H2,14,17). The molecule has 0 radical (unpaired) electrons. The summed E-state index contributed by atoms with van der Waals surface area (Å²) in [7, 11) is 0. The van der Waals surface area contributed by atoms with Crippen molar-refractivity contribution in [3.05, 3.63) is 34.3 Å². The summed E-state index contributed by atoms with van der Waals surface area (Å²) < 4.78 is 0. The lowest BCUT2D eigenvalue weighted by molar-refractivity contribution is 0.0619. The van der Waals surface area contributed by atoms with Gasteiger partial charge >= 0.3 is 0 Å². The molecule has 1 aromatic carbocycles. The summed E-state index contributed by atoms with van der Waals surface area (Å²) in [5.74, 6) is -0.478. The highest BCUT2D eigenvalue weighted by Gasteiger charge is 2.26. The van der Waals surface area contributed by atoms with Crippen LogP contribution in [0.2, 0.25) is 5.02 Å². The largest absolute Gasteiger partial charge is 0.393 e. The number of primary amides is 1. The molecule has 1 aliphatic rings. The van der Waals surface area contributed by atoms with E-state index in [9.17, 15) is 4.79 Å². The van der Waals surface area contributed by atoms with Crippen LogP contribution < -0.4 is 11.1 Å². The van der Waals surface area contributed by atoms with Crippen molar-refractivity contribution in [3.63, 3.8) is 0 Å². The van der Waals surface area contributed by atoms with E-state index in [1.165, 1.54) is 0 Å². The van der Waals surface area contributed by atoms with Gasteiger partial charge in [-0.25, -0.2) is 0 Å². The molecule has 0 bridgehead atoms. The number of nitrogens with one attached hydrogen (secondary N) is 1. The predicted molar refractivity (Wildman–Crippen MR) is 65.8 cm³/mol. The first-order valence-corrected chi connectivity index (χ1v) is 5.93. The third-order valence-corrected chi connectivity index (χ3v) is 3.38. The molecule has 0 saturated heterocycles. The molecular weight excluding hydrogens is 240 g/mol. The van der Waals surface area contributed by atoms with Crippen molar-refractivity contribution in [2.45, 2.75) is 31.5 Å². The van der Waals surface area contributed by atoms with Gasteiger partial charge in [0.05, 0.1) is 6.10 Å². The highest BCUT2D eigenvalue weighted by atomic mass is 35.5. The molecule has 1 amide bonds. The number of benzene rings is 1. The fourth-order valence-electron chi connectivity index (χ4n) is 1.85. The Labute approximate surface area is 105 Å². The Balaban J connectivity index is 1.94. The zero-order chi connectivity index (χ0) is 12.4. The van der Waals surface area contributed by atoms with Crippen LogP contribution in [0.5, 0.6) is 0 Å². The van der Waals surface area contributed by atoms with Gasteiger partial charge in [0, 0.05) is 23.2 Å². The highest BCUT2D eigenvalue weighted by molar-refractivity contribution is 6.31. The lowest BCUT2D eigenvalue weighted by atomic mass is 9.89. The third-order valence-electron chi connectivity index (χ3n) is 3.03. The van der Waals surface area contributed by atoms with E-state index in [2.05, 4.69) is 5.32 Å². The molecule has 0 unspecified atom stereocenters. The van der Waals surface area contributed by atoms with Crippen molar-refractivity contribution >= 4 is 17.5 Å².